The van der Waals surface area contributed by atoms with Crippen molar-refractivity contribution in [3.05, 3.63) is 46.3 Å². The third-order valence-corrected chi connectivity index (χ3v) is 4.68. The summed E-state index contributed by atoms with van der Waals surface area (Å²) in [6, 6.07) is 9.50. The van der Waals surface area contributed by atoms with E-state index >= 15 is 0 Å². The van der Waals surface area contributed by atoms with Gasteiger partial charge in [0, 0.05) is 36.7 Å². The smallest absolute Gasteiger partial charge is 0.272 e. The minimum Gasteiger partial charge on any atom is -0.339 e. The van der Waals surface area contributed by atoms with Crippen LogP contribution in [0.5, 0.6) is 0 Å². The number of para-hydroxylation sites is 1. The third-order valence-electron chi connectivity index (χ3n) is 3.98. The van der Waals surface area contributed by atoms with Gasteiger partial charge in [-0.2, -0.15) is 0 Å². The number of aromatic nitrogens is 2. The van der Waals surface area contributed by atoms with Gasteiger partial charge in [-0.25, -0.2) is 9.97 Å². The second-order valence-electron chi connectivity index (χ2n) is 5.89. The van der Waals surface area contributed by atoms with Crippen LogP contribution in [0.25, 0.3) is 0 Å². The van der Waals surface area contributed by atoms with Gasteiger partial charge >= 0.3 is 0 Å². The second kappa shape index (κ2) is 7.27. The first-order chi connectivity index (χ1) is 11.5. The SMILES string of the molecule is Cc1nc(Nc2ccccc2Br)cc(C(=O)N2CCN(C)CC2)n1. The molecule has 2 aromatic rings. The highest BCUT2D eigenvalue weighted by Gasteiger charge is 2.22. The summed E-state index contributed by atoms with van der Waals surface area (Å²) in [4.78, 5) is 25.5. The fourth-order valence-corrected chi connectivity index (χ4v) is 3.00. The maximum atomic E-state index is 12.7. The minimum atomic E-state index is -0.0382. The highest BCUT2D eigenvalue weighted by atomic mass is 79.9. The molecule has 0 atom stereocenters. The number of rotatable bonds is 3. The first-order valence-electron chi connectivity index (χ1n) is 7.88. The molecule has 1 aliphatic rings. The molecule has 1 amide bonds. The van der Waals surface area contributed by atoms with Gasteiger partial charge in [0.1, 0.15) is 17.3 Å². The quantitative estimate of drug-likeness (QED) is 0.873. The summed E-state index contributed by atoms with van der Waals surface area (Å²) in [7, 11) is 2.07. The largest absolute Gasteiger partial charge is 0.339 e. The number of hydrogen-bond donors (Lipinski definition) is 1. The van der Waals surface area contributed by atoms with Crippen LogP contribution in [0.3, 0.4) is 0 Å². The third kappa shape index (κ3) is 3.91. The van der Waals surface area contributed by atoms with Gasteiger partial charge in [0.05, 0.1) is 5.69 Å². The van der Waals surface area contributed by atoms with Crippen molar-refractivity contribution >= 4 is 33.3 Å². The number of amides is 1. The lowest BCUT2D eigenvalue weighted by Crippen LogP contribution is -2.47. The molecule has 1 fully saturated rings. The Kier molecular flexibility index (Phi) is 5.11. The van der Waals surface area contributed by atoms with Gasteiger partial charge in [-0.1, -0.05) is 12.1 Å². The van der Waals surface area contributed by atoms with E-state index in [1.54, 1.807) is 13.0 Å². The molecule has 1 aromatic heterocycles. The summed E-state index contributed by atoms with van der Waals surface area (Å²) < 4.78 is 0.938. The fourth-order valence-electron chi connectivity index (χ4n) is 2.61. The molecular formula is C17H20BrN5O. The van der Waals surface area contributed by atoms with Crippen LogP contribution >= 0.6 is 15.9 Å². The number of carbonyl (C=O) groups is 1. The first-order valence-corrected chi connectivity index (χ1v) is 8.67. The van der Waals surface area contributed by atoms with Crippen LogP contribution in [0, 0.1) is 6.92 Å². The zero-order valence-corrected chi connectivity index (χ0v) is 15.4. The molecule has 1 aromatic carbocycles. The maximum Gasteiger partial charge on any atom is 0.272 e. The maximum absolute atomic E-state index is 12.7. The molecule has 1 saturated heterocycles. The Bertz CT molecular complexity index is 744. The normalized spacial score (nSPS) is 15.4. The molecule has 0 unspecified atom stereocenters. The van der Waals surface area contributed by atoms with E-state index in [0.717, 1.165) is 36.3 Å². The Hall–Kier alpha value is -1.99. The molecule has 0 aliphatic carbocycles. The molecule has 3 rings (SSSR count). The van der Waals surface area contributed by atoms with Gasteiger partial charge in [0.15, 0.2) is 0 Å². The molecule has 1 aliphatic heterocycles. The Morgan fingerprint density at radius 2 is 1.88 bits per heavy atom. The molecule has 1 N–H and O–H groups in total. The highest BCUT2D eigenvalue weighted by Crippen LogP contribution is 2.24. The number of anilines is 2. The van der Waals surface area contributed by atoms with E-state index in [1.165, 1.54) is 0 Å². The summed E-state index contributed by atoms with van der Waals surface area (Å²) in [5.41, 5.74) is 1.33. The fraction of sp³-hybridized carbons (Fsp3) is 0.353. The van der Waals surface area contributed by atoms with Crippen molar-refractivity contribution in [2.75, 3.05) is 38.5 Å². The summed E-state index contributed by atoms with van der Waals surface area (Å²) in [5, 5.41) is 3.24. The van der Waals surface area contributed by atoms with Gasteiger partial charge < -0.3 is 15.1 Å². The molecular weight excluding hydrogens is 370 g/mol. The van der Waals surface area contributed by atoms with Crippen molar-refractivity contribution in [2.45, 2.75) is 6.92 Å². The van der Waals surface area contributed by atoms with Crippen LogP contribution in [0.15, 0.2) is 34.8 Å². The molecule has 2 heterocycles. The molecule has 7 heteroatoms. The van der Waals surface area contributed by atoms with Gasteiger partial charge in [0.2, 0.25) is 0 Å². The summed E-state index contributed by atoms with van der Waals surface area (Å²) in [6.45, 7) is 5.03. The second-order valence-corrected chi connectivity index (χ2v) is 6.74. The predicted octanol–water partition coefficient (Wildman–Crippen LogP) is 2.68. The van der Waals surface area contributed by atoms with Crippen molar-refractivity contribution in [3.63, 3.8) is 0 Å². The van der Waals surface area contributed by atoms with Crippen LogP contribution in [0.2, 0.25) is 0 Å². The van der Waals surface area contributed by atoms with E-state index in [-0.39, 0.29) is 5.91 Å². The van der Waals surface area contributed by atoms with Gasteiger partial charge in [-0.15, -0.1) is 0 Å². The van der Waals surface area contributed by atoms with E-state index in [2.05, 4.69) is 43.2 Å². The van der Waals surface area contributed by atoms with Crippen molar-refractivity contribution in [1.82, 2.24) is 19.8 Å². The molecule has 0 saturated carbocycles. The Balaban J connectivity index is 1.81. The standard InChI is InChI=1S/C17H20BrN5O/c1-12-19-15(17(24)23-9-7-22(2)8-10-23)11-16(20-12)21-14-6-4-3-5-13(14)18/h3-6,11H,7-10H2,1-2H3,(H,19,20,21). The zero-order valence-electron chi connectivity index (χ0n) is 13.8. The number of nitrogens with zero attached hydrogens (tertiary/aromatic N) is 4. The van der Waals surface area contributed by atoms with Crippen molar-refractivity contribution < 1.29 is 4.79 Å². The van der Waals surface area contributed by atoms with Crippen LogP contribution in [-0.2, 0) is 0 Å². The number of benzene rings is 1. The van der Waals surface area contributed by atoms with Crippen molar-refractivity contribution in [3.8, 4) is 0 Å². The average molecular weight is 390 g/mol. The lowest BCUT2D eigenvalue weighted by atomic mass is 10.2. The van der Waals surface area contributed by atoms with E-state index in [0.29, 0.717) is 17.3 Å². The average Bonchev–Trinajstić information content (AvgIpc) is 2.56. The minimum absolute atomic E-state index is 0.0382. The number of aryl methyl sites for hydroxylation is 1. The van der Waals surface area contributed by atoms with Gasteiger partial charge in [-0.3, -0.25) is 4.79 Å². The van der Waals surface area contributed by atoms with E-state index in [1.807, 2.05) is 29.2 Å². The van der Waals surface area contributed by atoms with Crippen LogP contribution in [0.4, 0.5) is 11.5 Å². The Morgan fingerprint density at radius 1 is 1.17 bits per heavy atom. The van der Waals surface area contributed by atoms with Crippen molar-refractivity contribution in [1.29, 1.82) is 0 Å². The van der Waals surface area contributed by atoms with Crippen LogP contribution in [-0.4, -0.2) is 58.9 Å². The number of nitrogens with one attached hydrogen (secondary N) is 1. The van der Waals surface area contributed by atoms with Crippen molar-refractivity contribution in [2.24, 2.45) is 0 Å². The highest BCUT2D eigenvalue weighted by molar-refractivity contribution is 9.10. The Morgan fingerprint density at radius 3 is 2.58 bits per heavy atom. The van der Waals surface area contributed by atoms with E-state index in [4.69, 9.17) is 0 Å². The first kappa shape index (κ1) is 16.9. The number of halogens is 1. The summed E-state index contributed by atoms with van der Waals surface area (Å²) in [6.07, 6.45) is 0. The lowest BCUT2D eigenvalue weighted by molar-refractivity contribution is 0.0658. The number of likely N-dealkylation sites (N-methyl/N-ethyl adjacent to an activating group) is 1. The number of carbonyl (C=O) groups excluding carboxylic acids is 1. The predicted molar refractivity (Wildman–Crippen MR) is 97.6 cm³/mol. The Labute approximate surface area is 150 Å². The molecule has 0 spiro atoms. The van der Waals surface area contributed by atoms with Crippen LogP contribution < -0.4 is 5.32 Å². The lowest BCUT2D eigenvalue weighted by Gasteiger charge is -2.32. The molecule has 0 bridgehead atoms. The number of hydrogen-bond acceptors (Lipinski definition) is 5. The summed E-state index contributed by atoms with van der Waals surface area (Å²) >= 11 is 3.50. The molecule has 6 nitrogen and oxygen atoms in total. The summed E-state index contributed by atoms with van der Waals surface area (Å²) in [5.74, 6) is 1.15. The van der Waals surface area contributed by atoms with Gasteiger partial charge in [0.25, 0.3) is 5.91 Å². The topological polar surface area (TPSA) is 61.4 Å². The molecule has 0 radical (unpaired) electrons. The molecule has 24 heavy (non-hydrogen) atoms. The van der Waals surface area contributed by atoms with Gasteiger partial charge in [-0.05, 0) is 42.0 Å². The number of piperazine rings is 1. The van der Waals surface area contributed by atoms with E-state index < -0.39 is 0 Å². The van der Waals surface area contributed by atoms with Crippen LogP contribution in [0.1, 0.15) is 16.3 Å². The van der Waals surface area contributed by atoms with E-state index in [9.17, 15) is 4.79 Å². The zero-order chi connectivity index (χ0) is 17.1. The molecule has 126 valence electrons. The monoisotopic (exact) mass is 389 g/mol.